The van der Waals surface area contributed by atoms with Crippen molar-refractivity contribution in [2.45, 2.75) is 26.3 Å². The number of piperidine rings is 1. The number of halogens is 3. The number of amides is 1. The van der Waals surface area contributed by atoms with Crippen LogP contribution in [0.4, 0.5) is 18.9 Å². The summed E-state index contributed by atoms with van der Waals surface area (Å²) in [5.41, 5.74) is 2.94. The lowest BCUT2D eigenvalue weighted by atomic mass is 10.0. The van der Waals surface area contributed by atoms with Crippen LogP contribution in [0.25, 0.3) is 0 Å². The van der Waals surface area contributed by atoms with E-state index < -0.39 is 11.6 Å². The summed E-state index contributed by atoms with van der Waals surface area (Å²) in [6.45, 7) is 4.11. The Morgan fingerprint density at radius 3 is 2.41 bits per heavy atom. The van der Waals surface area contributed by atoms with Crippen LogP contribution in [0, 0.1) is 24.4 Å². The number of benzene rings is 2. The molecule has 1 aliphatic heterocycles. The highest BCUT2D eigenvalue weighted by Crippen LogP contribution is 2.20. The zero-order valence-electron chi connectivity index (χ0n) is 15.1. The third kappa shape index (κ3) is 5.20. The van der Waals surface area contributed by atoms with E-state index in [0.29, 0.717) is 5.56 Å². The molecule has 3 nitrogen and oxygen atoms in total. The Bertz CT molecular complexity index is 870. The van der Waals surface area contributed by atoms with E-state index in [1.807, 2.05) is 6.07 Å². The van der Waals surface area contributed by atoms with Gasteiger partial charge in [-0.05, 0) is 49.1 Å². The van der Waals surface area contributed by atoms with E-state index >= 15 is 0 Å². The van der Waals surface area contributed by atoms with Gasteiger partial charge in [-0.1, -0.05) is 17.7 Å². The van der Waals surface area contributed by atoms with Gasteiger partial charge in [-0.25, -0.2) is 13.2 Å². The van der Waals surface area contributed by atoms with E-state index in [9.17, 15) is 18.0 Å². The lowest BCUT2D eigenvalue weighted by Crippen LogP contribution is -2.30. The molecule has 0 atom stereocenters. The van der Waals surface area contributed by atoms with Crippen molar-refractivity contribution in [2.24, 2.45) is 0 Å². The normalized spacial score (nSPS) is 14.9. The predicted octanol–water partition coefficient (Wildman–Crippen LogP) is 4.57. The van der Waals surface area contributed by atoms with Crippen molar-refractivity contribution in [1.29, 1.82) is 0 Å². The maximum Gasteiger partial charge on any atom is 0.248 e. The molecule has 0 unspecified atom stereocenters. The van der Waals surface area contributed by atoms with Crippen molar-refractivity contribution in [1.82, 2.24) is 4.90 Å². The second-order valence-electron chi connectivity index (χ2n) is 6.78. The third-order valence-electron chi connectivity index (χ3n) is 4.65. The second-order valence-corrected chi connectivity index (χ2v) is 6.78. The minimum Gasteiger partial charge on any atom is -0.322 e. The number of anilines is 1. The lowest BCUT2D eigenvalue weighted by Gasteiger charge is -2.28. The molecule has 0 spiro atoms. The molecule has 0 aliphatic carbocycles. The minimum absolute atomic E-state index is 0.199. The summed E-state index contributed by atoms with van der Waals surface area (Å²) >= 11 is 0. The van der Waals surface area contributed by atoms with Gasteiger partial charge in [0.1, 0.15) is 5.82 Å². The number of nitrogens with one attached hydrogen (secondary N) is 1. The van der Waals surface area contributed by atoms with E-state index in [4.69, 9.17) is 0 Å². The van der Waals surface area contributed by atoms with Gasteiger partial charge < -0.3 is 5.32 Å². The largest absolute Gasteiger partial charge is 0.322 e. The number of likely N-dealkylation sites (tertiary alicyclic amines) is 1. The number of nitrogens with zero attached hydrogens (tertiary/aromatic N) is 1. The van der Waals surface area contributed by atoms with Gasteiger partial charge in [-0.2, -0.15) is 0 Å². The van der Waals surface area contributed by atoms with Gasteiger partial charge >= 0.3 is 0 Å². The van der Waals surface area contributed by atoms with Crippen LogP contribution in [0.15, 0.2) is 48.0 Å². The highest BCUT2D eigenvalue weighted by atomic mass is 19.2. The van der Waals surface area contributed by atoms with Crippen LogP contribution < -0.4 is 5.32 Å². The lowest BCUT2D eigenvalue weighted by molar-refractivity contribution is -0.112. The fraction of sp³-hybridized carbons (Fsp3) is 0.286. The standard InChI is InChI=1S/C21H21F3N2O/c1-14-10-16(2-4-18(14)22)13-26-8-6-15(7-9-26)11-21(27)25-17-3-5-19(23)20(24)12-17/h2-5,10-12H,6-9,13H2,1H3,(H,25,27). The molecule has 1 saturated heterocycles. The molecular formula is C21H21F3N2O. The van der Waals surface area contributed by atoms with Crippen molar-refractivity contribution in [2.75, 3.05) is 18.4 Å². The number of aryl methyl sites for hydroxylation is 1. The van der Waals surface area contributed by atoms with Crippen LogP contribution in [0.2, 0.25) is 0 Å². The van der Waals surface area contributed by atoms with Gasteiger partial charge in [-0.15, -0.1) is 0 Å². The van der Waals surface area contributed by atoms with E-state index in [1.54, 1.807) is 13.0 Å². The molecule has 0 saturated carbocycles. The van der Waals surface area contributed by atoms with Gasteiger partial charge in [0.2, 0.25) is 5.91 Å². The maximum absolute atomic E-state index is 13.3. The molecule has 3 rings (SSSR count). The van der Waals surface area contributed by atoms with Gasteiger partial charge in [0, 0.05) is 37.5 Å². The molecule has 1 N–H and O–H groups in total. The molecule has 142 valence electrons. The molecule has 2 aromatic rings. The highest BCUT2D eigenvalue weighted by Gasteiger charge is 2.15. The summed E-state index contributed by atoms with van der Waals surface area (Å²) in [5.74, 6) is -2.49. The molecule has 1 fully saturated rings. The van der Waals surface area contributed by atoms with E-state index in [0.717, 1.165) is 55.7 Å². The van der Waals surface area contributed by atoms with Gasteiger partial charge in [0.15, 0.2) is 11.6 Å². The molecule has 0 radical (unpaired) electrons. The first-order chi connectivity index (χ1) is 12.9. The van der Waals surface area contributed by atoms with Gasteiger partial charge in [-0.3, -0.25) is 9.69 Å². The Kier molecular flexibility index (Phi) is 5.96. The topological polar surface area (TPSA) is 32.3 Å². The fourth-order valence-corrected chi connectivity index (χ4v) is 3.14. The van der Waals surface area contributed by atoms with Gasteiger partial charge in [0.05, 0.1) is 0 Å². The van der Waals surface area contributed by atoms with Crippen LogP contribution in [0.3, 0.4) is 0 Å². The van der Waals surface area contributed by atoms with Crippen molar-refractivity contribution in [3.05, 3.63) is 76.6 Å². The van der Waals surface area contributed by atoms with E-state index in [-0.39, 0.29) is 17.4 Å². The average molecular weight is 374 g/mol. The first-order valence-corrected chi connectivity index (χ1v) is 8.83. The van der Waals surface area contributed by atoms with Crippen molar-refractivity contribution >= 4 is 11.6 Å². The van der Waals surface area contributed by atoms with E-state index in [1.165, 1.54) is 18.2 Å². The van der Waals surface area contributed by atoms with Crippen LogP contribution >= 0.6 is 0 Å². The molecule has 0 bridgehead atoms. The SMILES string of the molecule is Cc1cc(CN2CCC(=CC(=O)Nc3ccc(F)c(F)c3)CC2)ccc1F. The highest BCUT2D eigenvalue weighted by molar-refractivity contribution is 5.99. The number of hydrogen-bond acceptors (Lipinski definition) is 2. The van der Waals surface area contributed by atoms with Crippen molar-refractivity contribution in [3.63, 3.8) is 0 Å². The zero-order valence-corrected chi connectivity index (χ0v) is 15.1. The Hall–Kier alpha value is -2.60. The first kappa shape index (κ1) is 19.2. The molecule has 1 amide bonds. The second kappa shape index (κ2) is 8.39. The third-order valence-corrected chi connectivity index (χ3v) is 4.65. The summed E-state index contributed by atoms with van der Waals surface area (Å²) in [6.07, 6.45) is 3.04. The Morgan fingerprint density at radius 2 is 1.74 bits per heavy atom. The number of carbonyl (C=O) groups excluding carboxylic acids is 1. The summed E-state index contributed by atoms with van der Waals surface area (Å²) in [6, 6.07) is 8.40. The summed E-state index contributed by atoms with van der Waals surface area (Å²) in [7, 11) is 0. The maximum atomic E-state index is 13.3. The average Bonchev–Trinajstić information content (AvgIpc) is 2.63. The minimum atomic E-state index is -0.996. The predicted molar refractivity (Wildman–Crippen MR) is 98.7 cm³/mol. The molecular weight excluding hydrogens is 353 g/mol. The summed E-state index contributed by atoms with van der Waals surface area (Å²) in [5, 5.41) is 2.55. The molecule has 1 heterocycles. The van der Waals surface area contributed by atoms with E-state index in [2.05, 4.69) is 10.2 Å². The summed E-state index contributed by atoms with van der Waals surface area (Å²) < 4.78 is 39.5. The number of rotatable bonds is 4. The van der Waals surface area contributed by atoms with Crippen LogP contribution in [-0.4, -0.2) is 23.9 Å². The fourth-order valence-electron chi connectivity index (χ4n) is 3.14. The van der Waals surface area contributed by atoms with Crippen molar-refractivity contribution < 1.29 is 18.0 Å². The van der Waals surface area contributed by atoms with Crippen molar-refractivity contribution in [3.8, 4) is 0 Å². The molecule has 1 aliphatic rings. The molecule has 6 heteroatoms. The molecule has 2 aromatic carbocycles. The smallest absolute Gasteiger partial charge is 0.248 e. The zero-order chi connectivity index (χ0) is 19.4. The summed E-state index contributed by atoms with van der Waals surface area (Å²) in [4.78, 5) is 14.3. The molecule has 27 heavy (non-hydrogen) atoms. The Morgan fingerprint density at radius 1 is 1.04 bits per heavy atom. The quantitative estimate of drug-likeness (QED) is 0.795. The number of hydrogen-bond donors (Lipinski definition) is 1. The van der Waals surface area contributed by atoms with Crippen LogP contribution in [-0.2, 0) is 11.3 Å². The Balaban J connectivity index is 1.52. The van der Waals surface area contributed by atoms with Crippen LogP contribution in [0.1, 0.15) is 24.0 Å². The monoisotopic (exact) mass is 374 g/mol. The van der Waals surface area contributed by atoms with Gasteiger partial charge in [0.25, 0.3) is 0 Å². The van der Waals surface area contributed by atoms with Crippen LogP contribution in [0.5, 0.6) is 0 Å². The molecule has 0 aromatic heterocycles. The first-order valence-electron chi connectivity index (χ1n) is 8.83. The number of carbonyl (C=O) groups is 1. The Labute approximate surface area is 156 Å².